The average Bonchev–Trinajstić information content (AvgIpc) is 3.37. The smallest absolute Gasteiger partial charge is 0.305 e. The van der Waals surface area contributed by atoms with Crippen LogP contribution in [0.15, 0.2) is 48.5 Å². The van der Waals surface area contributed by atoms with Gasteiger partial charge in [-0.15, -0.1) is 0 Å². The summed E-state index contributed by atoms with van der Waals surface area (Å²) in [4.78, 5) is 65.4. The molecule has 39 heavy (non-hydrogen) atoms. The van der Waals surface area contributed by atoms with Crippen molar-refractivity contribution in [3.8, 4) is 0 Å². The standard InChI is InChI=1S/C27H29FN4O7/c28-20-10-4-9-19(14-20)27(37)31-13-12-30(26(36)17-6-2-1-3-7-17)25(31)24(35)29-22(16-23(33)34)18-8-5-11-21(15-18)32(38)39/h4-5,8-11,14-15,17,22,25H,1-3,6-7,12-13,16H2,(H,29,35)(H,33,34). The van der Waals surface area contributed by atoms with E-state index in [1.165, 1.54) is 52.3 Å². The number of carboxylic acid groups (broad SMARTS) is 1. The van der Waals surface area contributed by atoms with Crippen LogP contribution < -0.4 is 5.32 Å². The summed E-state index contributed by atoms with van der Waals surface area (Å²) in [7, 11) is 0. The average molecular weight is 541 g/mol. The predicted molar refractivity (Wildman–Crippen MR) is 136 cm³/mol. The second kappa shape index (κ2) is 12.0. The van der Waals surface area contributed by atoms with Crippen LogP contribution in [0.2, 0.25) is 0 Å². The molecular weight excluding hydrogens is 511 g/mol. The van der Waals surface area contributed by atoms with E-state index >= 15 is 0 Å². The minimum absolute atomic E-state index is 0.000496. The van der Waals surface area contributed by atoms with E-state index in [9.17, 15) is 38.8 Å². The zero-order valence-corrected chi connectivity index (χ0v) is 21.1. The summed E-state index contributed by atoms with van der Waals surface area (Å²) in [6.07, 6.45) is 2.10. The molecule has 2 N–H and O–H groups in total. The lowest BCUT2D eigenvalue weighted by Gasteiger charge is -2.33. The Morgan fingerprint density at radius 3 is 2.38 bits per heavy atom. The van der Waals surface area contributed by atoms with Crippen LogP contribution in [0, 0.1) is 21.8 Å². The molecule has 2 aromatic carbocycles. The zero-order valence-electron chi connectivity index (χ0n) is 21.1. The minimum atomic E-state index is -1.40. The van der Waals surface area contributed by atoms with Crippen LogP contribution in [-0.4, -0.2) is 62.8 Å². The zero-order chi connectivity index (χ0) is 28.1. The number of halogens is 1. The molecule has 2 aromatic rings. The highest BCUT2D eigenvalue weighted by Crippen LogP contribution is 2.30. The Balaban J connectivity index is 1.66. The molecule has 2 aliphatic rings. The summed E-state index contributed by atoms with van der Waals surface area (Å²) < 4.78 is 13.9. The van der Waals surface area contributed by atoms with Crippen LogP contribution in [0.1, 0.15) is 60.5 Å². The summed E-state index contributed by atoms with van der Waals surface area (Å²) in [5, 5.41) is 23.3. The van der Waals surface area contributed by atoms with E-state index in [-0.39, 0.29) is 41.7 Å². The van der Waals surface area contributed by atoms with Crippen LogP contribution in [0.5, 0.6) is 0 Å². The summed E-state index contributed by atoms with van der Waals surface area (Å²) in [5.41, 5.74) is -0.0957. The summed E-state index contributed by atoms with van der Waals surface area (Å²) in [5.74, 6) is -3.93. The normalized spacial score (nSPS) is 18.4. The van der Waals surface area contributed by atoms with E-state index in [1.807, 2.05) is 0 Å². The van der Waals surface area contributed by atoms with Crippen molar-refractivity contribution in [1.82, 2.24) is 15.1 Å². The van der Waals surface area contributed by atoms with Gasteiger partial charge in [-0.2, -0.15) is 0 Å². The van der Waals surface area contributed by atoms with Gasteiger partial charge in [0, 0.05) is 36.7 Å². The number of amides is 3. The Kier molecular flexibility index (Phi) is 8.52. The first-order valence-electron chi connectivity index (χ1n) is 12.8. The number of benzene rings is 2. The van der Waals surface area contributed by atoms with Gasteiger partial charge in [0.05, 0.1) is 17.4 Å². The lowest BCUT2D eigenvalue weighted by atomic mass is 9.88. The third-order valence-electron chi connectivity index (χ3n) is 7.16. The van der Waals surface area contributed by atoms with Crippen LogP contribution >= 0.6 is 0 Å². The predicted octanol–water partition coefficient (Wildman–Crippen LogP) is 3.26. The molecule has 0 radical (unpaired) electrons. The van der Waals surface area contributed by atoms with Crippen molar-refractivity contribution >= 4 is 29.4 Å². The van der Waals surface area contributed by atoms with Gasteiger partial charge in [-0.3, -0.25) is 29.3 Å². The number of carbonyl (C=O) groups excluding carboxylic acids is 3. The van der Waals surface area contributed by atoms with E-state index in [0.717, 1.165) is 25.3 Å². The highest BCUT2D eigenvalue weighted by Gasteiger charge is 2.45. The Hall–Kier alpha value is -4.35. The largest absolute Gasteiger partial charge is 0.481 e. The van der Waals surface area contributed by atoms with Crippen LogP contribution in [0.25, 0.3) is 0 Å². The van der Waals surface area contributed by atoms with E-state index < -0.39 is 47.2 Å². The molecule has 0 aromatic heterocycles. The van der Waals surface area contributed by atoms with E-state index in [2.05, 4.69) is 5.32 Å². The minimum Gasteiger partial charge on any atom is -0.481 e. The number of hydrogen-bond acceptors (Lipinski definition) is 6. The van der Waals surface area contributed by atoms with Gasteiger partial charge in [-0.05, 0) is 36.6 Å². The van der Waals surface area contributed by atoms with E-state index in [0.29, 0.717) is 12.8 Å². The Morgan fingerprint density at radius 1 is 1.03 bits per heavy atom. The number of non-ortho nitro benzene ring substituents is 1. The number of nitrogens with zero attached hydrogens (tertiary/aromatic N) is 3. The first kappa shape index (κ1) is 27.7. The fourth-order valence-electron chi connectivity index (χ4n) is 5.25. The van der Waals surface area contributed by atoms with Gasteiger partial charge in [0.1, 0.15) is 5.82 Å². The second-order valence-corrected chi connectivity index (χ2v) is 9.76. The Morgan fingerprint density at radius 2 is 1.72 bits per heavy atom. The van der Waals surface area contributed by atoms with Crippen molar-refractivity contribution in [3.05, 3.63) is 75.6 Å². The van der Waals surface area contributed by atoms with Gasteiger partial charge in [0.15, 0.2) is 6.17 Å². The Bertz CT molecular complexity index is 1280. The molecule has 1 saturated heterocycles. The molecule has 11 nitrogen and oxygen atoms in total. The van der Waals surface area contributed by atoms with Crippen molar-refractivity contribution in [1.29, 1.82) is 0 Å². The number of nitro benzene ring substituents is 1. The molecule has 1 aliphatic heterocycles. The van der Waals surface area contributed by atoms with Gasteiger partial charge in [0.2, 0.25) is 5.91 Å². The van der Waals surface area contributed by atoms with Crippen molar-refractivity contribution in [2.24, 2.45) is 5.92 Å². The van der Waals surface area contributed by atoms with Crippen LogP contribution in [-0.2, 0) is 14.4 Å². The molecule has 1 aliphatic carbocycles. The summed E-state index contributed by atoms with van der Waals surface area (Å²) in [6, 6.07) is 9.06. The first-order valence-corrected chi connectivity index (χ1v) is 12.8. The van der Waals surface area contributed by atoms with Crippen molar-refractivity contribution in [2.75, 3.05) is 13.1 Å². The van der Waals surface area contributed by atoms with Crippen molar-refractivity contribution < 1.29 is 33.6 Å². The van der Waals surface area contributed by atoms with Crippen LogP contribution in [0.3, 0.4) is 0 Å². The van der Waals surface area contributed by atoms with E-state index in [1.54, 1.807) is 0 Å². The second-order valence-electron chi connectivity index (χ2n) is 9.76. The summed E-state index contributed by atoms with van der Waals surface area (Å²) in [6.45, 7) is 0.0984. The number of hydrogen-bond donors (Lipinski definition) is 2. The third kappa shape index (κ3) is 6.39. The number of carboxylic acids is 1. The fraction of sp³-hybridized carbons (Fsp3) is 0.407. The van der Waals surface area contributed by atoms with Crippen molar-refractivity contribution in [2.45, 2.75) is 50.7 Å². The van der Waals surface area contributed by atoms with Gasteiger partial charge >= 0.3 is 5.97 Å². The number of nitrogens with one attached hydrogen (secondary N) is 1. The third-order valence-corrected chi connectivity index (χ3v) is 7.16. The monoisotopic (exact) mass is 540 g/mol. The number of rotatable bonds is 8. The molecule has 206 valence electrons. The molecule has 3 amide bonds. The molecule has 0 bridgehead atoms. The van der Waals surface area contributed by atoms with Crippen molar-refractivity contribution in [3.63, 3.8) is 0 Å². The van der Waals surface area contributed by atoms with Gasteiger partial charge < -0.3 is 20.2 Å². The lowest BCUT2D eigenvalue weighted by Crippen LogP contribution is -2.55. The number of carbonyl (C=O) groups is 4. The van der Waals surface area contributed by atoms with Gasteiger partial charge in [-0.25, -0.2) is 4.39 Å². The maximum Gasteiger partial charge on any atom is 0.305 e. The molecular formula is C27H29FN4O7. The molecule has 2 atom stereocenters. The number of aliphatic carboxylic acids is 1. The van der Waals surface area contributed by atoms with Gasteiger partial charge in [0.25, 0.3) is 17.5 Å². The molecule has 4 rings (SSSR count). The van der Waals surface area contributed by atoms with Crippen LogP contribution in [0.4, 0.5) is 10.1 Å². The molecule has 1 saturated carbocycles. The van der Waals surface area contributed by atoms with E-state index in [4.69, 9.17) is 0 Å². The lowest BCUT2D eigenvalue weighted by molar-refractivity contribution is -0.384. The maximum absolute atomic E-state index is 13.9. The Labute approximate surface area is 223 Å². The fourth-order valence-corrected chi connectivity index (χ4v) is 5.25. The molecule has 12 heteroatoms. The maximum atomic E-state index is 13.9. The highest BCUT2D eigenvalue weighted by atomic mass is 19.1. The number of nitro groups is 1. The SMILES string of the molecule is O=C(O)CC(NC(=O)C1N(C(=O)c2cccc(F)c2)CCN1C(=O)C1CCCCC1)c1cccc([N+](=O)[O-])c1. The highest BCUT2D eigenvalue weighted by molar-refractivity contribution is 5.99. The molecule has 2 fully saturated rings. The molecule has 2 unspecified atom stereocenters. The quantitative estimate of drug-likeness (QED) is 0.385. The molecule has 1 heterocycles. The first-order chi connectivity index (χ1) is 18.7. The summed E-state index contributed by atoms with van der Waals surface area (Å²) >= 11 is 0. The van der Waals surface area contributed by atoms with Gasteiger partial charge in [-0.1, -0.05) is 37.5 Å². The molecule has 0 spiro atoms. The topological polar surface area (TPSA) is 150 Å².